The van der Waals surface area contributed by atoms with E-state index >= 15 is 0 Å². The number of rotatable bonds is 3. The van der Waals surface area contributed by atoms with E-state index in [2.05, 4.69) is 12.2 Å². The van der Waals surface area contributed by atoms with E-state index in [9.17, 15) is 4.79 Å². The van der Waals surface area contributed by atoms with E-state index in [1.54, 1.807) is 0 Å². The van der Waals surface area contributed by atoms with E-state index < -0.39 is 0 Å². The van der Waals surface area contributed by atoms with Crippen molar-refractivity contribution in [3.63, 3.8) is 0 Å². The first-order valence-corrected chi connectivity index (χ1v) is 2.60. The van der Waals surface area contributed by atoms with Crippen LogP contribution in [0, 0.1) is 0 Å². The molecule has 0 aromatic carbocycles. The molecule has 1 amide bonds. The lowest BCUT2D eigenvalue weighted by molar-refractivity contribution is -0.117. The molecule has 0 unspecified atom stereocenters. The van der Waals surface area contributed by atoms with Gasteiger partial charge in [0.2, 0.25) is 5.91 Å². The lowest BCUT2D eigenvalue weighted by Crippen LogP contribution is -2.15. The predicted octanol–water partition coefficient (Wildman–Crippen LogP) is -0.462. The molecule has 0 aliphatic rings. The van der Waals surface area contributed by atoms with Crippen LogP contribution in [-0.4, -0.2) is 10.9 Å². The highest BCUT2D eigenvalue weighted by atomic mass is 32.1. The van der Waals surface area contributed by atoms with Crippen LogP contribution in [-0.2, 0) is 4.79 Å². The Morgan fingerprint density at radius 1 is 1.38 bits per heavy atom. The summed E-state index contributed by atoms with van der Waals surface area (Å²) in [6.45, 7) is 0. The highest BCUT2D eigenvalue weighted by Crippen LogP contribution is 1.85. The number of thiocarbonyl (C=S) groups is 1. The third-order valence-electron chi connectivity index (χ3n) is 0.618. The summed E-state index contributed by atoms with van der Waals surface area (Å²) in [5.74, 6) is -0.363. The number of hydrogen-bond acceptors (Lipinski definition) is 2. The quantitative estimate of drug-likeness (QED) is 0.510. The Morgan fingerprint density at radius 2 is 1.88 bits per heavy atom. The van der Waals surface area contributed by atoms with Crippen LogP contribution < -0.4 is 11.5 Å². The van der Waals surface area contributed by atoms with Gasteiger partial charge in [0.1, 0.15) is 0 Å². The number of amides is 1. The highest BCUT2D eigenvalue weighted by molar-refractivity contribution is 7.80. The Bertz CT molecular complexity index is 98.6. The van der Waals surface area contributed by atoms with Gasteiger partial charge in [0.25, 0.3) is 0 Å². The zero-order valence-electron chi connectivity index (χ0n) is 4.39. The van der Waals surface area contributed by atoms with Gasteiger partial charge in [-0.25, -0.2) is 0 Å². The molecule has 0 aromatic heterocycles. The standard InChI is InChI=1S/C4H8N2OS/c5-3(7)1-2-4(6)8/h1-2H2,(H2,5,7)(H2,6,8). The molecule has 0 radical (unpaired) electrons. The molecule has 0 heterocycles. The van der Waals surface area contributed by atoms with Crippen LogP contribution in [0.25, 0.3) is 0 Å². The van der Waals surface area contributed by atoms with Crippen LogP contribution in [0.3, 0.4) is 0 Å². The van der Waals surface area contributed by atoms with Crippen molar-refractivity contribution in [3.8, 4) is 0 Å². The van der Waals surface area contributed by atoms with Crippen molar-refractivity contribution in [2.24, 2.45) is 11.5 Å². The number of carbonyl (C=O) groups excluding carboxylic acids is 1. The van der Waals surface area contributed by atoms with Gasteiger partial charge in [0, 0.05) is 12.8 Å². The molecule has 4 heteroatoms. The van der Waals surface area contributed by atoms with Crippen molar-refractivity contribution in [1.82, 2.24) is 0 Å². The van der Waals surface area contributed by atoms with Crippen molar-refractivity contribution in [1.29, 1.82) is 0 Å². The first-order valence-electron chi connectivity index (χ1n) is 2.19. The third-order valence-corrected chi connectivity index (χ3v) is 0.822. The Morgan fingerprint density at radius 3 is 2.00 bits per heavy atom. The van der Waals surface area contributed by atoms with Gasteiger partial charge in [-0.3, -0.25) is 4.79 Å². The molecular weight excluding hydrogens is 124 g/mol. The second-order valence-corrected chi connectivity index (χ2v) is 1.96. The normalized spacial score (nSPS) is 8.50. The van der Waals surface area contributed by atoms with Crippen molar-refractivity contribution in [3.05, 3.63) is 0 Å². The molecule has 0 aliphatic heterocycles. The predicted molar refractivity (Wildman–Crippen MR) is 35.2 cm³/mol. The average Bonchev–Trinajstić information content (AvgIpc) is 1.61. The molecule has 0 spiro atoms. The monoisotopic (exact) mass is 132 g/mol. The fourth-order valence-corrected chi connectivity index (χ4v) is 0.348. The zero-order valence-corrected chi connectivity index (χ0v) is 5.20. The molecule has 3 nitrogen and oxygen atoms in total. The fourth-order valence-electron chi connectivity index (χ4n) is 0.246. The van der Waals surface area contributed by atoms with Gasteiger partial charge in [0.15, 0.2) is 0 Å². The number of hydrogen-bond donors (Lipinski definition) is 2. The SMILES string of the molecule is NC(=O)CCC(N)=S. The van der Waals surface area contributed by atoms with Gasteiger partial charge >= 0.3 is 0 Å². The first kappa shape index (κ1) is 7.36. The summed E-state index contributed by atoms with van der Waals surface area (Å²) in [6, 6.07) is 0. The first-order chi connectivity index (χ1) is 3.63. The minimum absolute atomic E-state index is 0.259. The Hall–Kier alpha value is -0.640. The number of nitrogens with two attached hydrogens (primary N) is 2. The van der Waals surface area contributed by atoms with Gasteiger partial charge in [-0.1, -0.05) is 12.2 Å². The van der Waals surface area contributed by atoms with Gasteiger partial charge in [-0.05, 0) is 0 Å². The van der Waals surface area contributed by atoms with Crippen molar-refractivity contribution >= 4 is 23.1 Å². The fraction of sp³-hybridized carbons (Fsp3) is 0.500. The zero-order chi connectivity index (χ0) is 6.57. The average molecular weight is 132 g/mol. The third kappa shape index (κ3) is 5.36. The van der Waals surface area contributed by atoms with Crippen molar-refractivity contribution in [2.45, 2.75) is 12.8 Å². The van der Waals surface area contributed by atoms with Gasteiger partial charge in [-0.15, -0.1) is 0 Å². The number of primary amides is 1. The molecule has 46 valence electrons. The summed E-state index contributed by atoms with van der Waals surface area (Å²) in [7, 11) is 0. The van der Waals surface area contributed by atoms with Crippen LogP contribution in [0.15, 0.2) is 0 Å². The molecule has 0 aromatic rings. The molecule has 8 heavy (non-hydrogen) atoms. The van der Waals surface area contributed by atoms with E-state index in [0.29, 0.717) is 11.4 Å². The molecule has 0 saturated heterocycles. The lowest BCUT2D eigenvalue weighted by atomic mass is 10.3. The molecule has 4 N–H and O–H groups in total. The maximum absolute atomic E-state index is 10.0. The summed E-state index contributed by atoms with van der Waals surface area (Å²) in [4.78, 5) is 10.3. The highest BCUT2D eigenvalue weighted by Gasteiger charge is 1.93. The van der Waals surface area contributed by atoms with E-state index in [1.807, 2.05) is 0 Å². The molecular formula is C4H8N2OS. The smallest absolute Gasteiger partial charge is 0.217 e. The molecule has 0 atom stereocenters. The Kier molecular flexibility index (Phi) is 3.10. The molecule has 0 saturated carbocycles. The minimum atomic E-state index is -0.363. The van der Waals surface area contributed by atoms with Gasteiger partial charge < -0.3 is 11.5 Å². The summed E-state index contributed by atoms with van der Waals surface area (Å²) < 4.78 is 0. The largest absolute Gasteiger partial charge is 0.393 e. The van der Waals surface area contributed by atoms with Crippen molar-refractivity contribution in [2.75, 3.05) is 0 Å². The van der Waals surface area contributed by atoms with Crippen LogP contribution in [0.4, 0.5) is 0 Å². The van der Waals surface area contributed by atoms with Crippen LogP contribution in [0.5, 0.6) is 0 Å². The van der Waals surface area contributed by atoms with E-state index in [1.165, 1.54) is 0 Å². The maximum Gasteiger partial charge on any atom is 0.217 e. The van der Waals surface area contributed by atoms with Crippen LogP contribution >= 0.6 is 12.2 Å². The summed E-state index contributed by atoms with van der Waals surface area (Å²) in [5.41, 5.74) is 9.85. The molecule has 0 fully saturated rings. The van der Waals surface area contributed by atoms with Crippen molar-refractivity contribution < 1.29 is 4.79 Å². The lowest BCUT2D eigenvalue weighted by Gasteiger charge is -1.90. The maximum atomic E-state index is 10.0. The summed E-state index contributed by atoms with van der Waals surface area (Å²) in [6.07, 6.45) is 0.681. The Labute approximate surface area is 53.0 Å². The molecule has 0 aliphatic carbocycles. The van der Waals surface area contributed by atoms with Crippen LogP contribution in [0.1, 0.15) is 12.8 Å². The topological polar surface area (TPSA) is 69.1 Å². The second kappa shape index (κ2) is 3.37. The molecule has 0 bridgehead atoms. The van der Waals surface area contributed by atoms with Gasteiger partial charge in [-0.2, -0.15) is 0 Å². The van der Waals surface area contributed by atoms with Crippen LogP contribution in [0.2, 0.25) is 0 Å². The number of carbonyl (C=O) groups is 1. The Balaban J connectivity index is 3.18. The summed E-state index contributed by atoms with van der Waals surface area (Å²) >= 11 is 4.48. The van der Waals surface area contributed by atoms with E-state index in [4.69, 9.17) is 11.5 Å². The van der Waals surface area contributed by atoms with E-state index in [0.717, 1.165) is 0 Å². The second-order valence-electron chi connectivity index (χ2n) is 1.43. The van der Waals surface area contributed by atoms with Gasteiger partial charge in [0.05, 0.1) is 4.99 Å². The van der Waals surface area contributed by atoms with E-state index in [-0.39, 0.29) is 12.3 Å². The summed E-state index contributed by atoms with van der Waals surface area (Å²) in [5, 5.41) is 0. The minimum Gasteiger partial charge on any atom is -0.393 e. The molecule has 0 rings (SSSR count).